The third-order valence-corrected chi connectivity index (χ3v) is 6.00. The molecule has 1 aliphatic heterocycles. The van der Waals surface area contributed by atoms with Crippen LogP contribution >= 0.6 is 0 Å². The predicted molar refractivity (Wildman–Crippen MR) is 124 cm³/mol. The Bertz CT molecular complexity index is 1090. The highest BCUT2D eigenvalue weighted by Gasteiger charge is 2.20. The minimum absolute atomic E-state index is 0.0245. The number of hydrogen-bond donors (Lipinski definition) is 1. The topological polar surface area (TPSA) is 67.2 Å². The molecule has 6 heteroatoms. The molecule has 0 saturated carbocycles. The van der Waals surface area contributed by atoms with E-state index in [0.29, 0.717) is 12.4 Å². The van der Waals surface area contributed by atoms with Crippen molar-refractivity contribution in [2.24, 2.45) is 0 Å². The predicted octanol–water partition coefficient (Wildman–Crippen LogP) is 4.04. The summed E-state index contributed by atoms with van der Waals surface area (Å²) in [6, 6.07) is 17.6. The maximum Gasteiger partial charge on any atom is 0.294 e. The van der Waals surface area contributed by atoms with E-state index >= 15 is 0 Å². The second kappa shape index (κ2) is 9.77. The van der Waals surface area contributed by atoms with Crippen LogP contribution in [0.2, 0.25) is 0 Å². The zero-order valence-corrected chi connectivity index (χ0v) is 18.1. The number of nitrogens with zero attached hydrogens (tertiary/aromatic N) is 3. The maximum atomic E-state index is 13.3. The van der Waals surface area contributed by atoms with Gasteiger partial charge in [0.1, 0.15) is 0 Å². The number of aromatic nitrogens is 2. The van der Waals surface area contributed by atoms with E-state index in [1.54, 1.807) is 4.57 Å². The fourth-order valence-corrected chi connectivity index (χ4v) is 4.30. The lowest BCUT2D eigenvalue weighted by atomic mass is 10.0. The van der Waals surface area contributed by atoms with Crippen LogP contribution in [0.4, 0.5) is 5.82 Å². The van der Waals surface area contributed by atoms with Crippen LogP contribution in [0.25, 0.3) is 11.0 Å². The van der Waals surface area contributed by atoms with Crippen LogP contribution in [0.5, 0.6) is 0 Å². The maximum absolute atomic E-state index is 13.3. The zero-order valence-electron chi connectivity index (χ0n) is 18.1. The smallest absolute Gasteiger partial charge is 0.294 e. The fourth-order valence-electron chi connectivity index (χ4n) is 4.30. The van der Waals surface area contributed by atoms with E-state index in [0.717, 1.165) is 48.9 Å². The van der Waals surface area contributed by atoms with Crippen molar-refractivity contribution in [2.45, 2.75) is 51.6 Å². The van der Waals surface area contributed by atoms with Crippen molar-refractivity contribution >= 4 is 22.8 Å². The number of carbonyl (C=O) groups excluding carboxylic acids is 1. The van der Waals surface area contributed by atoms with Crippen LogP contribution in [-0.4, -0.2) is 28.5 Å². The van der Waals surface area contributed by atoms with Gasteiger partial charge in [-0.05, 0) is 43.4 Å². The largest absolute Gasteiger partial charge is 0.352 e. The molecule has 1 fully saturated rings. The molecule has 2 aromatic carbocycles. The van der Waals surface area contributed by atoms with Crippen molar-refractivity contribution in [3.05, 3.63) is 70.5 Å². The summed E-state index contributed by atoms with van der Waals surface area (Å²) in [7, 11) is 0. The van der Waals surface area contributed by atoms with Crippen LogP contribution in [0, 0.1) is 0 Å². The summed E-state index contributed by atoms with van der Waals surface area (Å²) in [6.45, 7) is 4.11. The van der Waals surface area contributed by atoms with Gasteiger partial charge >= 0.3 is 0 Å². The van der Waals surface area contributed by atoms with E-state index in [1.807, 2.05) is 54.6 Å². The van der Waals surface area contributed by atoms with E-state index < -0.39 is 0 Å². The molecule has 162 valence electrons. The molecule has 1 aromatic heterocycles. The number of piperidine rings is 1. The van der Waals surface area contributed by atoms with E-state index in [4.69, 9.17) is 0 Å². The molecular weight excluding hydrogens is 388 g/mol. The highest BCUT2D eigenvalue weighted by Crippen LogP contribution is 2.19. The van der Waals surface area contributed by atoms with E-state index in [9.17, 15) is 9.59 Å². The Morgan fingerprint density at radius 2 is 1.74 bits per heavy atom. The molecule has 1 atom stereocenters. The monoisotopic (exact) mass is 418 g/mol. The second-order valence-corrected chi connectivity index (χ2v) is 8.12. The molecule has 0 bridgehead atoms. The number of aryl methyl sites for hydroxylation is 1. The molecule has 0 spiro atoms. The molecule has 31 heavy (non-hydrogen) atoms. The van der Waals surface area contributed by atoms with Gasteiger partial charge in [0.15, 0.2) is 5.82 Å². The molecule has 3 aromatic rings. The number of carbonyl (C=O) groups is 1. The Morgan fingerprint density at radius 1 is 1.03 bits per heavy atom. The molecule has 1 aliphatic rings. The molecule has 1 amide bonds. The van der Waals surface area contributed by atoms with Crippen LogP contribution in [0.3, 0.4) is 0 Å². The summed E-state index contributed by atoms with van der Waals surface area (Å²) in [5.41, 5.74) is 2.55. The molecule has 2 heterocycles. The summed E-state index contributed by atoms with van der Waals surface area (Å²) in [5, 5.41) is 3.12. The summed E-state index contributed by atoms with van der Waals surface area (Å²) >= 11 is 0. The van der Waals surface area contributed by atoms with E-state index in [1.165, 1.54) is 6.42 Å². The van der Waals surface area contributed by atoms with Gasteiger partial charge < -0.3 is 14.8 Å². The van der Waals surface area contributed by atoms with Gasteiger partial charge in [0.25, 0.3) is 5.56 Å². The Morgan fingerprint density at radius 3 is 2.48 bits per heavy atom. The molecule has 1 unspecified atom stereocenters. The lowest BCUT2D eigenvalue weighted by Crippen LogP contribution is -2.37. The van der Waals surface area contributed by atoms with Crippen LogP contribution in [-0.2, 0) is 11.3 Å². The molecule has 6 nitrogen and oxygen atoms in total. The SMILES string of the molecule is CCC(NC(=O)CCn1c(=O)c(N2CCCCC2)nc2ccccc21)c1ccccc1. The first-order valence-electron chi connectivity index (χ1n) is 11.3. The Hall–Kier alpha value is -3.15. The minimum Gasteiger partial charge on any atom is -0.352 e. The Kier molecular flexibility index (Phi) is 6.65. The zero-order chi connectivity index (χ0) is 21.6. The first kappa shape index (κ1) is 21.1. The van der Waals surface area contributed by atoms with Gasteiger partial charge in [-0.15, -0.1) is 0 Å². The summed E-state index contributed by atoms with van der Waals surface area (Å²) < 4.78 is 1.72. The standard InChI is InChI=1S/C25H30N4O2/c1-2-20(19-11-5-3-6-12-19)26-23(30)15-18-29-22-14-8-7-13-21(22)27-24(25(29)31)28-16-9-4-10-17-28/h3,5-8,11-14,20H,2,4,9-10,15-18H2,1H3,(H,26,30). The highest BCUT2D eigenvalue weighted by molar-refractivity contribution is 5.78. The van der Waals surface area contributed by atoms with Crippen LogP contribution in [0.15, 0.2) is 59.4 Å². The number of benzene rings is 2. The molecular formula is C25H30N4O2. The number of hydrogen-bond acceptors (Lipinski definition) is 4. The van der Waals surface area contributed by atoms with Crippen molar-refractivity contribution in [1.29, 1.82) is 0 Å². The first-order chi connectivity index (χ1) is 15.2. The Balaban J connectivity index is 1.55. The number of nitrogens with one attached hydrogen (secondary N) is 1. The summed E-state index contributed by atoms with van der Waals surface area (Å²) in [6.07, 6.45) is 4.41. The van der Waals surface area contributed by atoms with Crippen molar-refractivity contribution in [3.8, 4) is 0 Å². The van der Waals surface area contributed by atoms with Crippen molar-refractivity contribution in [2.75, 3.05) is 18.0 Å². The van der Waals surface area contributed by atoms with Crippen molar-refractivity contribution in [1.82, 2.24) is 14.9 Å². The molecule has 1 N–H and O–H groups in total. The normalized spacial score (nSPS) is 15.1. The number of fused-ring (bicyclic) bond motifs is 1. The van der Waals surface area contributed by atoms with Crippen LogP contribution in [0.1, 0.15) is 50.6 Å². The quantitative estimate of drug-likeness (QED) is 0.629. The average Bonchev–Trinajstić information content (AvgIpc) is 2.82. The second-order valence-electron chi connectivity index (χ2n) is 8.12. The average molecular weight is 419 g/mol. The minimum atomic E-state index is -0.108. The third-order valence-electron chi connectivity index (χ3n) is 6.00. The summed E-state index contributed by atoms with van der Waals surface area (Å²) in [4.78, 5) is 32.8. The highest BCUT2D eigenvalue weighted by atomic mass is 16.2. The molecule has 0 radical (unpaired) electrons. The lowest BCUT2D eigenvalue weighted by Gasteiger charge is -2.28. The third kappa shape index (κ3) is 4.79. The fraction of sp³-hybridized carbons (Fsp3) is 0.400. The van der Waals surface area contributed by atoms with E-state index in [-0.39, 0.29) is 23.9 Å². The van der Waals surface area contributed by atoms with Gasteiger partial charge in [-0.2, -0.15) is 0 Å². The molecule has 0 aliphatic carbocycles. The first-order valence-corrected chi connectivity index (χ1v) is 11.3. The van der Waals surface area contributed by atoms with E-state index in [2.05, 4.69) is 22.1 Å². The van der Waals surface area contributed by atoms with Gasteiger partial charge in [0.2, 0.25) is 5.91 Å². The summed E-state index contributed by atoms with van der Waals surface area (Å²) in [5.74, 6) is 0.456. The van der Waals surface area contributed by atoms with Gasteiger partial charge in [0.05, 0.1) is 17.1 Å². The van der Waals surface area contributed by atoms with Gasteiger partial charge in [-0.25, -0.2) is 4.98 Å². The molecule has 4 rings (SSSR count). The van der Waals surface area contributed by atoms with Gasteiger partial charge in [0, 0.05) is 26.1 Å². The van der Waals surface area contributed by atoms with Crippen molar-refractivity contribution < 1.29 is 4.79 Å². The van der Waals surface area contributed by atoms with Gasteiger partial charge in [-0.1, -0.05) is 49.4 Å². The lowest BCUT2D eigenvalue weighted by molar-refractivity contribution is -0.122. The number of rotatable bonds is 7. The molecule has 1 saturated heterocycles. The van der Waals surface area contributed by atoms with Gasteiger partial charge in [-0.3, -0.25) is 9.59 Å². The number of amides is 1. The number of anilines is 1. The van der Waals surface area contributed by atoms with Crippen LogP contribution < -0.4 is 15.8 Å². The number of para-hydroxylation sites is 2. The van der Waals surface area contributed by atoms with Crippen molar-refractivity contribution in [3.63, 3.8) is 0 Å². The Labute approximate surface area is 182 Å².